The Morgan fingerprint density at radius 1 is 1.20 bits per heavy atom. The number of aryl methyl sites for hydroxylation is 1. The van der Waals surface area contributed by atoms with Crippen LogP contribution >= 0.6 is 0 Å². The van der Waals surface area contributed by atoms with Gasteiger partial charge >= 0.3 is 0 Å². The fourth-order valence-electron chi connectivity index (χ4n) is 1.55. The second-order valence-corrected chi connectivity index (χ2v) is 3.53. The fraction of sp³-hybridized carbons (Fsp3) is 0.250. The summed E-state index contributed by atoms with van der Waals surface area (Å²) >= 11 is 0. The lowest BCUT2D eigenvalue weighted by atomic mass is 10.1. The molecule has 2 aromatic rings. The molecule has 15 heavy (non-hydrogen) atoms. The molecule has 1 aromatic carbocycles. The van der Waals surface area contributed by atoms with E-state index in [9.17, 15) is 4.39 Å². The molecule has 0 unspecified atom stereocenters. The SMILES string of the molecule is NCCCc1ccc2ccc(F)cc2n1. The maximum Gasteiger partial charge on any atom is 0.125 e. The van der Waals surface area contributed by atoms with E-state index in [0.29, 0.717) is 12.1 Å². The van der Waals surface area contributed by atoms with Gasteiger partial charge in [-0.15, -0.1) is 0 Å². The van der Waals surface area contributed by atoms with Gasteiger partial charge in [-0.2, -0.15) is 0 Å². The van der Waals surface area contributed by atoms with E-state index in [1.165, 1.54) is 12.1 Å². The summed E-state index contributed by atoms with van der Waals surface area (Å²) < 4.78 is 13.0. The van der Waals surface area contributed by atoms with E-state index in [2.05, 4.69) is 4.98 Å². The third-order valence-electron chi connectivity index (χ3n) is 2.35. The van der Waals surface area contributed by atoms with Gasteiger partial charge < -0.3 is 5.73 Å². The molecule has 0 aliphatic carbocycles. The number of pyridine rings is 1. The molecule has 0 saturated carbocycles. The first-order valence-electron chi connectivity index (χ1n) is 5.05. The van der Waals surface area contributed by atoms with Crippen molar-refractivity contribution in [2.75, 3.05) is 6.54 Å². The first-order valence-corrected chi connectivity index (χ1v) is 5.05. The summed E-state index contributed by atoms with van der Waals surface area (Å²) in [6, 6.07) is 8.58. The van der Waals surface area contributed by atoms with E-state index in [-0.39, 0.29) is 5.82 Å². The Hall–Kier alpha value is -1.48. The van der Waals surface area contributed by atoms with Crippen LogP contribution in [0.4, 0.5) is 4.39 Å². The summed E-state index contributed by atoms with van der Waals surface area (Å²) in [6.07, 6.45) is 1.76. The van der Waals surface area contributed by atoms with Crippen LogP contribution in [0.3, 0.4) is 0 Å². The van der Waals surface area contributed by atoms with E-state index in [0.717, 1.165) is 23.9 Å². The predicted molar refractivity (Wildman–Crippen MR) is 59.1 cm³/mol. The van der Waals surface area contributed by atoms with Crippen LogP contribution < -0.4 is 5.73 Å². The van der Waals surface area contributed by atoms with Crippen molar-refractivity contribution in [3.8, 4) is 0 Å². The summed E-state index contributed by atoms with van der Waals surface area (Å²) in [4.78, 5) is 4.38. The van der Waals surface area contributed by atoms with Crippen molar-refractivity contribution in [2.24, 2.45) is 5.73 Å². The lowest BCUT2D eigenvalue weighted by molar-refractivity contribution is 0.629. The highest BCUT2D eigenvalue weighted by atomic mass is 19.1. The molecule has 0 spiro atoms. The number of nitrogens with zero attached hydrogens (tertiary/aromatic N) is 1. The number of fused-ring (bicyclic) bond motifs is 1. The summed E-state index contributed by atoms with van der Waals surface area (Å²) in [5.74, 6) is -0.244. The molecule has 0 bridgehead atoms. The predicted octanol–water partition coefficient (Wildman–Crippen LogP) is 2.27. The molecule has 3 heteroatoms. The van der Waals surface area contributed by atoms with Crippen LogP contribution in [-0.2, 0) is 6.42 Å². The zero-order valence-corrected chi connectivity index (χ0v) is 8.41. The highest BCUT2D eigenvalue weighted by molar-refractivity contribution is 5.78. The third kappa shape index (κ3) is 2.30. The topological polar surface area (TPSA) is 38.9 Å². The first-order chi connectivity index (χ1) is 7.29. The van der Waals surface area contributed by atoms with E-state index in [1.807, 2.05) is 12.1 Å². The lowest BCUT2D eigenvalue weighted by Gasteiger charge is -2.02. The van der Waals surface area contributed by atoms with Crippen molar-refractivity contribution in [3.63, 3.8) is 0 Å². The van der Waals surface area contributed by atoms with Gasteiger partial charge in [0.15, 0.2) is 0 Å². The zero-order chi connectivity index (χ0) is 10.7. The Morgan fingerprint density at radius 2 is 2.00 bits per heavy atom. The molecule has 2 N–H and O–H groups in total. The molecular formula is C12H13FN2. The summed E-state index contributed by atoms with van der Waals surface area (Å²) in [5, 5.41) is 0.966. The number of benzene rings is 1. The maximum absolute atomic E-state index is 13.0. The Balaban J connectivity index is 2.36. The normalized spacial score (nSPS) is 10.8. The molecule has 0 aliphatic heterocycles. The molecule has 78 valence electrons. The summed E-state index contributed by atoms with van der Waals surface area (Å²) in [6.45, 7) is 0.656. The number of aromatic nitrogens is 1. The van der Waals surface area contributed by atoms with Crippen molar-refractivity contribution < 1.29 is 4.39 Å². The smallest absolute Gasteiger partial charge is 0.125 e. The van der Waals surface area contributed by atoms with Gasteiger partial charge in [0.1, 0.15) is 5.82 Å². The average molecular weight is 204 g/mol. The van der Waals surface area contributed by atoms with Gasteiger partial charge in [-0.3, -0.25) is 4.98 Å². The van der Waals surface area contributed by atoms with Crippen molar-refractivity contribution in [1.29, 1.82) is 0 Å². The van der Waals surface area contributed by atoms with Crippen LogP contribution in [0.5, 0.6) is 0 Å². The van der Waals surface area contributed by atoms with Crippen LogP contribution in [0.15, 0.2) is 30.3 Å². The molecular weight excluding hydrogens is 191 g/mol. The van der Waals surface area contributed by atoms with Gasteiger partial charge in [-0.1, -0.05) is 6.07 Å². The summed E-state index contributed by atoms with van der Waals surface area (Å²) in [5.41, 5.74) is 7.11. The van der Waals surface area contributed by atoms with Gasteiger partial charge in [0.2, 0.25) is 0 Å². The van der Waals surface area contributed by atoms with E-state index >= 15 is 0 Å². The van der Waals surface area contributed by atoms with Crippen LogP contribution in [0.2, 0.25) is 0 Å². The Morgan fingerprint density at radius 3 is 2.80 bits per heavy atom. The third-order valence-corrected chi connectivity index (χ3v) is 2.35. The lowest BCUT2D eigenvalue weighted by Crippen LogP contribution is -2.01. The van der Waals surface area contributed by atoms with Crippen molar-refractivity contribution in [3.05, 3.63) is 41.8 Å². The molecule has 0 radical (unpaired) electrons. The molecule has 0 atom stereocenters. The molecule has 0 amide bonds. The van der Waals surface area contributed by atoms with Crippen LogP contribution in [0, 0.1) is 5.82 Å². The van der Waals surface area contributed by atoms with Crippen LogP contribution in [-0.4, -0.2) is 11.5 Å². The molecule has 1 aromatic heterocycles. The second kappa shape index (κ2) is 4.36. The minimum absolute atomic E-state index is 0.244. The summed E-state index contributed by atoms with van der Waals surface area (Å²) in [7, 11) is 0. The van der Waals surface area contributed by atoms with Crippen molar-refractivity contribution in [1.82, 2.24) is 4.98 Å². The fourth-order valence-corrected chi connectivity index (χ4v) is 1.55. The average Bonchev–Trinajstić information content (AvgIpc) is 2.25. The van der Waals surface area contributed by atoms with Crippen molar-refractivity contribution >= 4 is 10.9 Å². The number of halogens is 1. The first kappa shape index (κ1) is 10.1. The van der Waals surface area contributed by atoms with E-state index < -0.39 is 0 Å². The highest BCUT2D eigenvalue weighted by Crippen LogP contribution is 2.14. The van der Waals surface area contributed by atoms with Gasteiger partial charge in [-0.25, -0.2) is 4.39 Å². The van der Waals surface area contributed by atoms with Gasteiger partial charge in [-0.05, 0) is 37.6 Å². The zero-order valence-electron chi connectivity index (χ0n) is 8.41. The maximum atomic E-state index is 13.0. The Labute approximate surface area is 87.9 Å². The minimum Gasteiger partial charge on any atom is -0.330 e. The minimum atomic E-state index is -0.244. The Bertz CT molecular complexity index is 468. The molecule has 0 saturated heterocycles. The molecule has 1 heterocycles. The number of nitrogens with two attached hydrogens (primary N) is 1. The van der Waals surface area contributed by atoms with Gasteiger partial charge in [0, 0.05) is 17.1 Å². The molecule has 2 rings (SSSR count). The van der Waals surface area contributed by atoms with Crippen molar-refractivity contribution in [2.45, 2.75) is 12.8 Å². The van der Waals surface area contributed by atoms with E-state index in [4.69, 9.17) is 5.73 Å². The highest BCUT2D eigenvalue weighted by Gasteiger charge is 1.99. The quantitative estimate of drug-likeness (QED) is 0.832. The number of hydrogen-bond acceptors (Lipinski definition) is 2. The van der Waals surface area contributed by atoms with Crippen LogP contribution in [0.1, 0.15) is 12.1 Å². The standard InChI is InChI=1S/C12H13FN2/c13-10-5-3-9-4-6-11(2-1-7-14)15-12(9)8-10/h3-6,8H,1-2,7,14H2. The second-order valence-electron chi connectivity index (χ2n) is 3.53. The van der Waals surface area contributed by atoms with Gasteiger partial charge in [0.25, 0.3) is 0 Å². The number of rotatable bonds is 3. The molecule has 2 nitrogen and oxygen atoms in total. The largest absolute Gasteiger partial charge is 0.330 e. The number of hydrogen-bond donors (Lipinski definition) is 1. The van der Waals surface area contributed by atoms with E-state index in [1.54, 1.807) is 6.07 Å². The monoisotopic (exact) mass is 204 g/mol. The van der Waals surface area contributed by atoms with Crippen LogP contribution in [0.25, 0.3) is 10.9 Å². The van der Waals surface area contributed by atoms with Gasteiger partial charge in [0.05, 0.1) is 5.52 Å². The molecule has 0 aliphatic rings. The molecule has 0 fully saturated rings. The Kier molecular flexibility index (Phi) is 2.92.